The van der Waals surface area contributed by atoms with Crippen molar-refractivity contribution < 1.29 is 9.59 Å². The van der Waals surface area contributed by atoms with Gasteiger partial charge in [-0.15, -0.1) is 0 Å². The smallest absolute Gasteiger partial charge is 0.222 e. The fourth-order valence-corrected chi connectivity index (χ4v) is 4.36. The largest absolute Gasteiger partial charge is 0.343 e. The monoisotopic (exact) mass is 356 g/mol. The van der Waals surface area contributed by atoms with Gasteiger partial charge in [-0.1, -0.05) is 30.3 Å². The van der Waals surface area contributed by atoms with Crippen LogP contribution in [0.4, 0.5) is 0 Å². The van der Waals surface area contributed by atoms with Crippen molar-refractivity contribution >= 4 is 11.8 Å². The highest BCUT2D eigenvalue weighted by Crippen LogP contribution is 2.25. The van der Waals surface area contributed by atoms with E-state index < -0.39 is 0 Å². The van der Waals surface area contributed by atoms with Gasteiger partial charge in [0.1, 0.15) is 0 Å². The minimum absolute atomic E-state index is 0.179. The van der Waals surface area contributed by atoms with E-state index in [4.69, 9.17) is 0 Å². The second-order valence-electron chi connectivity index (χ2n) is 8.00. The van der Waals surface area contributed by atoms with Gasteiger partial charge in [-0.2, -0.15) is 0 Å². The van der Waals surface area contributed by atoms with Crippen LogP contribution in [-0.2, 0) is 16.0 Å². The van der Waals surface area contributed by atoms with E-state index in [0.717, 1.165) is 64.7 Å². The number of nitrogens with zero attached hydrogens (tertiary/aromatic N) is 2. The molecule has 2 heterocycles. The lowest BCUT2D eigenvalue weighted by Crippen LogP contribution is -2.40. The van der Waals surface area contributed by atoms with Crippen molar-refractivity contribution in [3.05, 3.63) is 35.9 Å². The van der Waals surface area contributed by atoms with Gasteiger partial charge in [-0.3, -0.25) is 9.59 Å². The van der Waals surface area contributed by atoms with Crippen molar-refractivity contribution in [2.24, 2.45) is 11.8 Å². The van der Waals surface area contributed by atoms with Gasteiger partial charge in [-0.05, 0) is 55.9 Å². The number of likely N-dealkylation sites (tertiary alicyclic amines) is 2. The summed E-state index contributed by atoms with van der Waals surface area (Å²) in [5.41, 5.74) is 1.41. The summed E-state index contributed by atoms with van der Waals surface area (Å²) in [6.45, 7) is 5.20. The minimum Gasteiger partial charge on any atom is -0.343 e. The maximum Gasteiger partial charge on any atom is 0.222 e. The summed E-state index contributed by atoms with van der Waals surface area (Å²) in [7, 11) is 0. The van der Waals surface area contributed by atoms with Crippen LogP contribution >= 0.6 is 0 Å². The van der Waals surface area contributed by atoms with E-state index in [9.17, 15) is 9.59 Å². The molecule has 0 bridgehead atoms. The van der Waals surface area contributed by atoms with Crippen molar-refractivity contribution in [3.8, 4) is 0 Å². The van der Waals surface area contributed by atoms with E-state index in [-0.39, 0.29) is 5.91 Å². The molecule has 0 atom stereocenters. The van der Waals surface area contributed by atoms with Crippen LogP contribution in [0.15, 0.2) is 30.3 Å². The van der Waals surface area contributed by atoms with Gasteiger partial charge in [0.15, 0.2) is 0 Å². The van der Waals surface area contributed by atoms with E-state index in [0.29, 0.717) is 24.2 Å². The standard InChI is InChI=1S/C22H32N2O2/c1-18(25)23-13-9-19(10-14-23)7-8-22(26)24-15-11-21(12-16-24)17-20-5-3-2-4-6-20/h2-6,19,21H,7-17H2,1H3. The number of amides is 2. The van der Waals surface area contributed by atoms with Gasteiger partial charge in [0.25, 0.3) is 0 Å². The van der Waals surface area contributed by atoms with Gasteiger partial charge in [0.05, 0.1) is 0 Å². The Morgan fingerprint density at radius 2 is 1.46 bits per heavy atom. The highest BCUT2D eigenvalue weighted by Gasteiger charge is 2.25. The molecule has 2 aliphatic heterocycles. The Morgan fingerprint density at radius 3 is 2.08 bits per heavy atom. The number of hydrogen-bond acceptors (Lipinski definition) is 2. The zero-order chi connectivity index (χ0) is 18.4. The zero-order valence-electron chi connectivity index (χ0n) is 16.0. The number of carbonyl (C=O) groups is 2. The molecule has 3 rings (SSSR count). The number of hydrogen-bond donors (Lipinski definition) is 0. The van der Waals surface area contributed by atoms with Crippen molar-refractivity contribution in [3.63, 3.8) is 0 Å². The number of carbonyl (C=O) groups excluding carboxylic acids is 2. The van der Waals surface area contributed by atoms with Crippen molar-refractivity contribution in [1.82, 2.24) is 9.80 Å². The van der Waals surface area contributed by atoms with Crippen LogP contribution in [-0.4, -0.2) is 47.8 Å². The van der Waals surface area contributed by atoms with E-state index in [1.807, 2.05) is 4.90 Å². The van der Waals surface area contributed by atoms with Crippen LogP contribution in [0.1, 0.15) is 51.0 Å². The van der Waals surface area contributed by atoms with Gasteiger partial charge < -0.3 is 9.80 Å². The zero-order valence-corrected chi connectivity index (χ0v) is 16.0. The van der Waals surface area contributed by atoms with Crippen LogP contribution < -0.4 is 0 Å². The Hall–Kier alpha value is -1.84. The molecule has 0 aliphatic carbocycles. The Kier molecular flexibility index (Phi) is 6.70. The molecule has 142 valence electrons. The molecule has 0 unspecified atom stereocenters. The summed E-state index contributed by atoms with van der Waals surface area (Å²) in [6, 6.07) is 10.7. The van der Waals surface area contributed by atoms with E-state index >= 15 is 0 Å². The molecule has 0 aromatic heterocycles. The molecule has 0 saturated carbocycles. The Labute approximate surface area is 157 Å². The lowest BCUT2D eigenvalue weighted by Gasteiger charge is -2.34. The first-order chi connectivity index (χ1) is 12.6. The molecule has 26 heavy (non-hydrogen) atoms. The molecule has 2 amide bonds. The van der Waals surface area contributed by atoms with Gasteiger partial charge in [0, 0.05) is 39.5 Å². The number of benzene rings is 1. The third-order valence-electron chi connectivity index (χ3n) is 6.16. The van der Waals surface area contributed by atoms with E-state index in [2.05, 4.69) is 35.2 Å². The molecule has 0 spiro atoms. The molecule has 2 aliphatic rings. The first-order valence-corrected chi connectivity index (χ1v) is 10.2. The van der Waals surface area contributed by atoms with E-state index in [1.165, 1.54) is 5.56 Å². The molecule has 4 heteroatoms. The Morgan fingerprint density at radius 1 is 0.885 bits per heavy atom. The maximum absolute atomic E-state index is 12.5. The Bertz CT molecular complexity index is 585. The summed E-state index contributed by atoms with van der Waals surface area (Å²) in [5.74, 6) is 1.82. The normalized spacial score (nSPS) is 19.6. The average Bonchev–Trinajstić information content (AvgIpc) is 2.68. The molecule has 1 aromatic carbocycles. The average molecular weight is 357 g/mol. The molecule has 1 aromatic rings. The third kappa shape index (κ3) is 5.33. The molecule has 0 N–H and O–H groups in total. The van der Waals surface area contributed by atoms with Crippen LogP contribution in [0.2, 0.25) is 0 Å². The highest BCUT2D eigenvalue weighted by molar-refractivity contribution is 5.76. The van der Waals surface area contributed by atoms with Crippen LogP contribution in [0.3, 0.4) is 0 Å². The molecular weight excluding hydrogens is 324 g/mol. The summed E-state index contributed by atoms with van der Waals surface area (Å²) >= 11 is 0. The van der Waals surface area contributed by atoms with Crippen LogP contribution in [0, 0.1) is 11.8 Å². The maximum atomic E-state index is 12.5. The number of piperidine rings is 2. The van der Waals surface area contributed by atoms with Gasteiger partial charge in [0.2, 0.25) is 11.8 Å². The fraction of sp³-hybridized carbons (Fsp3) is 0.636. The predicted octanol–water partition coefficient (Wildman–Crippen LogP) is 3.51. The lowest BCUT2D eigenvalue weighted by atomic mass is 9.89. The highest BCUT2D eigenvalue weighted by atomic mass is 16.2. The Balaban J connectivity index is 1.34. The van der Waals surface area contributed by atoms with E-state index in [1.54, 1.807) is 6.92 Å². The molecule has 0 radical (unpaired) electrons. The second-order valence-corrected chi connectivity index (χ2v) is 8.00. The summed E-state index contributed by atoms with van der Waals surface area (Å²) < 4.78 is 0. The first-order valence-electron chi connectivity index (χ1n) is 10.2. The predicted molar refractivity (Wildman–Crippen MR) is 104 cm³/mol. The first kappa shape index (κ1) is 18.9. The molecule has 2 fully saturated rings. The van der Waals surface area contributed by atoms with Gasteiger partial charge >= 0.3 is 0 Å². The molecular formula is C22H32N2O2. The van der Waals surface area contributed by atoms with Crippen molar-refractivity contribution in [2.75, 3.05) is 26.2 Å². The van der Waals surface area contributed by atoms with Crippen LogP contribution in [0.5, 0.6) is 0 Å². The third-order valence-corrected chi connectivity index (χ3v) is 6.16. The summed E-state index contributed by atoms with van der Waals surface area (Å²) in [4.78, 5) is 27.9. The lowest BCUT2D eigenvalue weighted by molar-refractivity contribution is -0.134. The molecule has 2 saturated heterocycles. The van der Waals surface area contributed by atoms with Gasteiger partial charge in [-0.25, -0.2) is 0 Å². The minimum atomic E-state index is 0.179. The fourth-order valence-electron chi connectivity index (χ4n) is 4.36. The SMILES string of the molecule is CC(=O)N1CCC(CCC(=O)N2CCC(Cc3ccccc3)CC2)CC1. The number of rotatable bonds is 5. The van der Waals surface area contributed by atoms with Crippen molar-refractivity contribution in [1.29, 1.82) is 0 Å². The van der Waals surface area contributed by atoms with Crippen LogP contribution in [0.25, 0.3) is 0 Å². The molecule has 4 nitrogen and oxygen atoms in total. The summed E-state index contributed by atoms with van der Waals surface area (Å²) in [5, 5.41) is 0. The van der Waals surface area contributed by atoms with Crippen molar-refractivity contribution in [2.45, 2.75) is 51.9 Å². The summed E-state index contributed by atoms with van der Waals surface area (Å²) in [6.07, 6.45) is 7.13. The second kappa shape index (κ2) is 9.20. The quantitative estimate of drug-likeness (QED) is 0.810. The topological polar surface area (TPSA) is 40.6 Å².